The summed E-state index contributed by atoms with van der Waals surface area (Å²) in [5.41, 5.74) is -0.452. The Hall–Kier alpha value is -2.44. The maximum atomic E-state index is 12.9. The van der Waals surface area contributed by atoms with Crippen LogP contribution in [0.25, 0.3) is 0 Å². The van der Waals surface area contributed by atoms with Gasteiger partial charge in [-0.1, -0.05) is 20.8 Å². The highest BCUT2D eigenvalue weighted by Gasteiger charge is 2.29. The summed E-state index contributed by atoms with van der Waals surface area (Å²) in [5.74, 6) is -1.75. The topological polar surface area (TPSA) is 75.7 Å². The van der Waals surface area contributed by atoms with Crippen LogP contribution in [0.3, 0.4) is 0 Å². The molecule has 27 heavy (non-hydrogen) atoms. The average Bonchev–Trinajstić information content (AvgIpc) is 2.50. The fraction of sp³-hybridized carbons (Fsp3) is 0.550. The number of rotatable bonds is 6. The van der Waals surface area contributed by atoms with Gasteiger partial charge in [-0.15, -0.1) is 0 Å². The Kier molecular flexibility index (Phi) is 7.51. The van der Waals surface area contributed by atoms with E-state index in [4.69, 9.17) is 4.74 Å². The van der Waals surface area contributed by atoms with E-state index >= 15 is 0 Å². The van der Waals surface area contributed by atoms with E-state index in [2.05, 4.69) is 5.32 Å². The molecule has 0 unspecified atom stereocenters. The lowest BCUT2D eigenvalue weighted by atomic mass is 9.92. The van der Waals surface area contributed by atoms with Crippen molar-refractivity contribution in [3.05, 3.63) is 30.1 Å². The first kappa shape index (κ1) is 22.6. The minimum atomic E-state index is -0.645. The third kappa shape index (κ3) is 8.66. The molecule has 2 amide bonds. The van der Waals surface area contributed by atoms with Crippen LogP contribution < -0.4 is 5.32 Å². The standard InChI is InChI=1S/C20H29FN2O4/c1-19(2,3)11-18(26)27-13-17(25)23(20(4,5)6)12-16(24)22-15-9-7-14(21)8-10-15/h7-10H,11-13H2,1-6H3,(H,22,24). The Balaban J connectivity index is 2.69. The molecular weight excluding hydrogens is 351 g/mol. The number of hydrogen-bond acceptors (Lipinski definition) is 4. The van der Waals surface area contributed by atoms with E-state index in [1.165, 1.54) is 29.2 Å². The van der Waals surface area contributed by atoms with Gasteiger partial charge in [0.15, 0.2) is 6.61 Å². The molecule has 0 aliphatic heterocycles. The second-order valence-electron chi connectivity index (χ2n) is 8.60. The molecule has 0 saturated carbocycles. The fourth-order valence-electron chi connectivity index (χ4n) is 2.28. The Morgan fingerprint density at radius 1 is 1.04 bits per heavy atom. The molecular formula is C20H29FN2O4. The van der Waals surface area contributed by atoms with Crippen LogP contribution in [0.1, 0.15) is 48.0 Å². The number of carbonyl (C=O) groups excluding carboxylic acids is 3. The molecule has 0 atom stereocenters. The molecule has 0 radical (unpaired) electrons. The van der Waals surface area contributed by atoms with Gasteiger partial charge in [-0.25, -0.2) is 4.39 Å². The molecule has 0 heterocycles. The van der Waals surface area contributed by atoms with Crippen molar-refractivity contribution >= 4 is 23.5 Å². The Morgan fingerprint density at radius 2 is 1.59 bits per heavy atom. The zero-order valence-electron chi connectivity index (χ0n) is 16.9. The Bertz CT molecular complexity index is 673. The van der Waals surface area contributed by atoms with Crippen molar-refractivity contribution in [3.8, 4) is 0 Å². The number of amides is 2. The van der Waals surface area contributed by atoms with E-state index in [9.17, 15) is 18.8 Å². The van der Waals surface area contributed by atoms with Gasteiger partial charge in [0.05, 0.1) is 6.42 Å². The molecule has 0 aromatic heterocycles. The number of nitrogens with one attached hydrogen (secondary N) is 1. The fourth-order valence-corrected chi connectivity index (χ4v) is 2.28. The van der Waals surface area contributed by atoms with E-state index in [1.807, 2.05) is 20.8 Å². The monoisotopic (exact) mass is 380 g/mol. The Morgan fingerprint density at radius 3 is 2.07 bits per heavy atom. The van der Waals surface area contributed by atoms with Gasteiger partial charge in [-0.2, -0.15) is 0 Å². The van der Waals surface area contributed by atoms with Gasteiger partial charge in [0, 0.05) is 11.2 Å². The summed E-state index contributed by atoms with van der Waals surface area (Å²) in [5, 5.41) is 2.62. The molecule has 150 valence electrons. The number of carbonyl (C=O) groups is 3. The van der Waals surface area contributed by atoms with Crippen LogP contribution in [0.4, 0.5) is 10.1 Å². The molecule has 0 aliphatic carbocycles. The number of anilines is 1. The van der Waals surface area contributed by atoms with Crippen molar-refractivity contribution in [2.45, 2.75) is 53.5 Å². The summed E-state index contributed by atoms with van der Waals surface area (Å²) in [7, 11) is 0. The minimum Gasteiger partial charge on any atom is -0.456 e. The third-order valence-corrected chi connectivity index (χ3v) is 3.57. The average molecular weight is 380 g/mol. The molecule has 1 N–H and O–H groups in total. The highest BCUT2D eigenvalue weighted by atomic mass is 19.1. The summed E-state index contributed by atoms with van der Waals surface area (Å²) in [6.45, 7) is 10.4. The summed E-state index contributed by atoms with van der Waals surface area (Å²) in [6.07, 6.45) is 0.195. The molecule has 6 nitrogen and oxygen atoms in total. The van der Waals surface area contributed by atoms with E-state index in [0.717, 1.165) is 0 Å². The SMILES string of the molecule is CC(C)(C)CC(=O)OCC(=O)N(CC(=O)Nc1ccc(F)cc1)C(C)(C)C. The van der Waals surface area contributed by atoms with Crippen molar-refractivity contribution in [1.82, 2.24) is 4.90 Å². The molecule has 0 spiro atoms. The highest BCUT2D eigenvalue weighted by molar-refractivity contribution is 5.95. The first-order valence-corrected chi connectivity index (χ1v) is 8.79. The first-order valence-electron chi connectivity index (χ1n) is 8.79. The van der Waals surface area contributed by atoms with E-state index in [-0.39, 0.29) is 18.4 Å². The van der Waals surface area contributed by atoms with Gasteiger partial charge in [-0.3, -0.25) is 14.4 Å². The molecule has 0 bridgehead atoms. The van der Waals surface area contributed by atoms with Crippen LogP contribution >= 0.6 is 0 Å². The van der Waals surface area contributed by atoms with Gasteiger partial charge in [0.25, 0.3) is 5.91 Å². The van der Waals surface area contributed by atoms with Crippen molar-refractivity contribution in [1.29, 1.82) is 0 Å². The number of esters is 1. The van der Waals surface area contributed by atoms with Crippen LogP contribution in [0.15, 0.2) is 24.3 Å². The summed E-state index contributed by atoms with van der Waals surface area (Å²) in [4.78, 5) is 38.0. The van der Waals surface area contributed by atoms with Gasteiger partial charge >= 0.3 is 5.97 Å². The van der Waals surface area contributed by atoms with Crippen molar-refractivity contribution < 1.29 is 23.5 Å². The molecule has 1 aromatic rings. The maximum absolute atomic E-state index is 12.9. The predicted octanol–water partition coefficient (Wildman–Crippen LogP) is 3.37. The lowest BCUT2D eigenvalue weighted by Crippen LogP contribution is -2.50. The normalized spacial score (nSPS) is 11.7. The van der Waals surface area contributed by atoms with Gasteiger partial charge in [0.2, 0.25) is 5.91 Å². The number of benzene rings is 1. The minimum absolute atomic E-state index is 0.195. The second kappa shape index (κ2) is 8.97. The van der Waals surface area contributed by atoms with Gasteiger partial charge in [0.1, 0.15) is 12.4 Å². The second-order valence-corrected chi connectivity index (χ2v) is 8.60. The molecule has 7 heteroatoms. The van der Waals surface area contributed by atoms with Gasteiger partial charge < -0.3 is 15.0 Å². The van der Waals surface area contributed by atoms with Gasteiger partial charge in [-0.05, 0) is 50.5 Å². The molecule has 0 aliphatic rings. The first-order chi connectivity index (χ1) is 12.3. The van der Waals surface area contributed by atoms with Crippen LogP contribution in [-0.2, 0) is 19.1 Å². The largest absolute Gasteiger partial charge is 0.456 e. The highest BCUT2D eigenvalue weighted by Crippen LogP contribution is 2.19. The van der Waals surface area contributed by atoms with Crippen molar-refractivity contribution in [2.24, 2.45) is 5.41 Å². The Labute approximate surface area is 160 Å². The molecule has 0 saturated heterocycles. The third-order valence-electron chi connectivity index (χ3n) is 3.57. The van der Waals surface area contributed by atoms with E-state index < -0.39 is 35.7 Å². The zero-order chi connectivity index (χ0) is 20.8. The number of nitrogens with zero attached hydrogens (tertiary/aromatic N) is 1. The molecule has 1 rings (SSSR count). The smallest absolute Gasteiger partial charge is 0.306 e. The van der Waals surface area contributed by atoms with Crippen LogP contribution in [0.5, 0.6) is 0 Å². The van der Waals surface area contributed by atoms with E-state index in [1.54, 1.807) is 20.8 Å². The van der Waals surface area contributed by atoms with E-state index in [0.29, 0.717) is 5.69 Å². The quantitative estimate of drug-likeness (QED) is 0.768. The van der Waals surface area contributed by atoms with Crippen molar-refractivity contribution in [2.75, 3.05) is 18.5 Å². The van der Waals surface area contributed by atoms with Crippen LogP contribution in [-0.4, -0.2) is 41.4 Å². The van der Waals surface area contributed by atoms with Crippen LogP contribution in [0, 0.1) is 11.2 Å². The summed E-state index contributed by atoms with van der Waals surface area (Å²) in [6, 6.07) is 5.34. The maximum Gasteiger partial charge on any atom is 0.306 e. The number of halogens is 1. The van der Waals surface area contributed by atoms with Crippen molar-refractivity contribution in [3.63, 3.8) is 0 Å². The predicted molar refractivity (Wildman–Crippen MR) is 102 cm³/mol. The van der Waals surface area contributed by atoms with Crippen LogP contribution in [0.2, 0.25) is 0 Å². The lowest BCUT2D eigenvalue weighted by molar-refractivity contribution is -0.156. The molecule has 0 fully saturated rings. The number of hydrogen-bond donors (Lipinski definition) is 1. The number of ether oxygens (including phenoxy) is 1. The summed E-state index contributed by atoms with van der Waals surface area (Å²) >= 11 is 0. The zero-order valence-corrected chi connectivity index (χ0v) is 16.9. The molecule has 1 aromatic carbocycles. The lowest BCUT2D eigenvalue weighted by Gasteiger charge is -2.35. The summed E-state index contributed by atoms with van der Waals surface area (Å²) < 4.78 is 18.0.